The lowest BCUT2D eigenvalue weighted by Gasteiger charge is -2.34. The van der Waals surface area contributed by atoms with Gasteiger partial charge in [0, 0.05) is 5.71 Å². The van der Waals surface area contributed by atoms with Gasteiger partial charge in [0.2, 0.25) is 10.0 Å². The molecule has 1 aliphatic rings. The van der Waals surface area contributed by atoms with Crippen LogP contribution in [0.5, 0.6) is 5.75 Å². The lowest BCUT2D eigenvalue weighted by atomic mass is 9.72. The lowest BCUT2D eigenvalue weighted by molar-refractivity contribution is -0.119. The molecule has 0 atom stereocenters. The van der Waals surface area contributed by atoms with E-state index in [1.807, 2.05) is 0 Å². The van der Waals surface area contributed by atoms with Crippen molar-refractivity contribution in [3.63, 3.8) is 0 Å². The molecule has 0 radical (unpaired) electrons. The fourth-order valence-corrected chi connectivity index (χ4v) is 4.24. The van der Waals surface area contributed by atoms with Crippen molar-refractivity contribution >= 4 is 27.3 Å². The average Bonchev–Trinajstić information content (AvgIpc) is 2.63. The molecule has 8 heteroatoms. The first kappa shape index (κ1) is 22.2. The molecule has 0 heterocycles. The highest BCUT2D eigenvalue weighted by Crippen LogP contribution is 2.36. The number of sulfonamides is 1. The zero-order chi connectivity index (χ0) is 20.9. The van der Waals surface area contributed by atoms with Crippen molar-refractivity contribution in [3.8, 4) is 5.75 Å². The third-order valence-corrected chi connectivity index (χ3v) is 6.31. The number of hydrazone groups is 1. The van der Waals surface area contributed by atoms with E-state index in [2.05, 4.69) is 31.3 Å². The monoisotopic (exact) mass is 409 g/mol. The van der Waals surface area contributed by atoms with Gasteiger partial charge in [0.25, 0.3) is 5.91 Å². The molecule has 1 fully saturated rings. The van der Waals surface area contributed by atoms with Gasteiger partial charge >= 0.3 is 0 Å². The normalized spacial score (nSPS) is 17.8. The van der Waals surface area contributed by atoms with Crippen LogP contribution in [-0.2, 0) is 14.8 Å². The van der Waals surface area contributed by atoms with Gasteiger partial charge in [-0.05, 0) is 61.3 Å². The maximum Gasteiger partial charge on any atom is 0.260 e. The van der Waals surface area contributed by atoms with Gasteiger partial charge in [-0.3, -0.25) is 9.10 Å². The summed E-state index contributed by atoms with van der Waals surface area (Å²) in [4.78, 5) is 12.3. The molecule has 0 aliphatic heterocycles. The highest BCUT2D eigenvalue weighted by Gasteiger charge is 2.28. The van der Waals surface area contributed by atoms with Gasteiger partial charge in [0.15, 0.2) is 0 Å². The zero-order valence-electron chi connectivity index (χ0n) is 17.4. The van der Waals surface area contributed by atoms with Crippen LogP contribution in [0, 0.1) is 11.3 Å². The SMILES string of the molecule is COc1ccc(N(CC(=O)NN=C2CCC(C(C)(C)C)CC2)S(C)(=O)=O)cc1. The summed E-state index contributed by atoms with van der Waals surface area (Å²) < 4.78 is 30.4. The van der Waals surface area contributed by atoms with Crippen molar-refractivity contribution in [1.29, 1.82) is 0 Å². The van der Waals surface area contributed by atoms with Gasteiger partial charge in [0.1, 0.15) is 12.3 Å². The van der Waals surface area contributed by atoms with E-state index >= 15 is 0 Å². The molecular formula is C20H31N3O4S. The summed E-state index contributed by atoms with van der Waals surface area (Å²) in [5.74, 6) is 0.795. The predicted molar refractivity (Wildman–Crippen MR) is 112 cm³/mol. The van der Waals surface area contributed by atoms with Crippen molar-refractivity contribution in [3.05, 3.63) is 24.3 Å². The molecule has 2 rings (SSSR count). The van der Waals surface area contributed by atoms with Gasteiger partial charge in [-0.25, -0.2) is 13.8 Å². The molecule has 0 unspecified atom stereocenters. The van der Waals surface area contributed by atoms with Crippen LogP contribution in [0.3, 0.4) is 0 Å². The van der Waals surface area contributed by atoms with E-state index in [4.69, 9.17) is 4.74 Å². The minimum absolute atomic E-state index is 0.281. The summed E-state index contributed by atoms with van der Waals surface area (Å²) in [6.07, 6.45) is 4.90. The Morgan fingerprint density at radius 3 is 2.25 bits per heavy atom. The molecule has 7 nitrogen and oxygen atoms in total. The summed E-state index contributed by atoms with van der Waals surface area (Å²) in [6, 6.07) is 6.51. The molecule has 1 saturated carbocycles. The highest BCUT2D eigenvalue weighted by molar-refractivity contribution is 7.92. The molecule has 0 saturated heterocycles. The fraction of sp³-hybridized carbons (Fsp3) is 0.600. The van der Waals surface area contributed by atoms with Crippen molar-refractivity contribution < 1.29 is 17.9 Å². The number of carbonyl (C=O) groups is 1. The second-order valence-corrected chi connectivity index (χ2v) is 10.2. The minimum Gasteiger partial charge on any atom is -0.497 e. The molecule has 1 aromatic carbocycles. The van der Waals surface area contributed by atoms with Crippen LogP contribution < -0.4 is 14.5 Å². The molecule has 1 aromatic rings. The number of rotatable bonds is 6. The van der Waals surface area contributed by atoms with E-state index in [0.717, 1.165) is 42.0 Å². The molecule has 0 bridgehead atoms. The zero-order valence-corrected chi connectivity index (χ0v) is 18.2. The maximum atomic E-state index is 12.3. The lowest BCUT2D eigenvalue weighted by Crippen LogP contribution is -2.39. The van der Waals surface area contributed by atoms with Crippen molar-refractivity contribution in [2.45, 2.75) is 46.5 Å². The molecule has 156 valence electrons. The number of hydrogen-bond acceptors (Lipinski definition) is 5. The van der Waals surface area contributed by atoms with E-state index < -0.39 is 15.9 Å². The number of ether oxygens (including phenoxy) is 1. The number of nitrogens with zero attached hydrogens (tertiary/aromatic N) is 2. The topological polar surface area (TPSA) is 88.1 Å². The average molecular weight is 410 g/mol. The Kier molecular flexibility index (Phi) is 7.09. The first-order chi connectivity index (χ1) is 13.0. The van der Waals surface area contributed by atoms with E-state index in [1.165, 1.54) is 7.11 Å². The van der Waals surface area contributed by atoms with Crippen LogP contribution in [0.1, 0.15) is 46.5 Å². The second-order valence-electron chi connectivity index (χ2n) is 8.32. The number of hydrogen-bond donors (Lipinski definition) is 1. The first-order valence-corrected chi connectivity index (χ1v) is 11.3. The standard InChI is InChI=1S/C20H31N3O4S/c1-20(2,3)15-6-8-16(9-7-15)21-22-19(24)14-23(28(5,25)26)17-10-12-18(27-4)13-11-17/h10-13,15H,6-9,14H2,1-5H3,(H,22,24). The largest absolute Gasteiger partial charge is 0.497 e. The molecule has 0 aromatic heterocycles. The summed E-state index contributed by atoms with van der Waals surface area (Å²) in [5, 5.41) is 4.23. The van der Waals surface area contributed by atoms with Gasteiger partial charge in [-0.15, -0.1) is 0 Å². The Morgan fingerprint density at radius 1 is 1.21 bits per heavy atom. The highest BCUT2D eigenvalue weighted by atomic mass is 32.2. The van der Waals surface area contributed by atoms with E-state index in [9.17, 15) is 13.2 Å². The number of benzene rings is 1. The predicted octanol–water partition coefficient (Wildman–Crippen LogP) is 3.17. The minimum atomic E-state index is -3.62. The van der Waals surface area contributed by atoms with Crippen LogP contribution in [0.25, 0.3) is 0 Å². The molecule has 1 aliphatic carbocycles. The third-order valence-electron chi connectivity index (χ3n) is 5.17. The van der Waals surface area contributed by atoms with E-state index in [0.29, 0.717) is 17.4 Å². The summed E-state index contributed by atoms with van der Waals surface area (Å²) in [7, 11) is -2.08. The van der Waals surface area contributed by atoms with Gasteiger partial charge in [-0.2, -0.15) is 5.10 Å². The van der Waals surface area contributed by atoms with Crippen LogP contribution >= 0.6 is 0 Å². The molecule has 28 heavy (non-hydrogen) atoms. The van der Waals surface area contributed by atoms with Crippen molar-refractivity contribution in [2.24, 2.45) is 16.4 Å². The Labute approximate surface area is 168 Å². The fourth-order valence-electron chi connectivity index (χ4n) is 3.38. The van der Waals surface area contributed by atoms with E-state index in [1.54, 1.807) is 24.3 Å². The van der Waals surface area contributed by atoms with Crippen LogP contribution in [0.2, 0.25) is 0 Å². The number of amides is 1. The van der Waals surface area contributed by atoms with Crippen LogP contribution in [0.15, 0.2) is 29.4 Å². The molecule has 1 N–H and O–H groups in total. The summed E-state index contributed by atoms with van der Waals surface area (Å²) in [5.41, 5.74) is 4.16. The Hall–Kier alpha value is -2.09. The van der Waals surface area contributed by atoms with Gasteiger partial charge in [-0.1, -0.05) is 20.8 Å². The van der Waals surface area contributed by atoms with Gasteiger partial charge in [0.05, 0.1) is 19.1 Å². The molecule has 1 amide bonds. The molecular weight excluding hydrogens is 378 g/mol. The smallest absolute Gasteiger partial charge is 0.260 e. The quantitative estimate of drug-likeness (QED) is 0.731. The summed E-state index contributed by atoms with van der Waals surface area (Å²) >= 11 is 0. The molecule has 0 spiro atoms. The number of carbonyl (C=O) groups excluding carboxylic acids is 1. The Morgan fingerprint density at radius 2 is 1.79 bits per heavy atom. The maximum absolute atomic E-state index is 12.3. The van der Waals surface area contributed by atoms with Crippen molar-refractivity contribution in [2.75, 3.05) is 24.2 Å². The Bertz CT molecular complexity index is 801. The number of methoxy groups -OCH3 is 1. The number of anilines is 1. The van der Waals surface area contributed by atoms with Crippen molar-refractivity contribution in [1.82, 2.24) is 5.43 Å². The summed E-state index contributed by atoms with van der Waals surface area (Å²) in [6.45, 7) is 6.42. The Balaban J connectivity index is 1.99. The van der Waals surface area contributed by atoms with Gasteiger partial charge < -0.3 is 4.74 Å². The van der Waals surface area contributed by atoms with Crippen LogP contribution in [0.4, 0.5) is 5.69 Å². The second kappa shape index (κ2) is 8.94. The third kappa shape index (κ3) is 6.22. The number of nitrogens with one attached hydrogen (secondary N) is 1. The van der Waals surface area contributed by atoms with Crippen LogP contribution in [-0.4, -0.2) is 39.9 Å². The van der Waals surface area contributed by atoms with E-state index in [-0.39, 0.29) is 12.0 Å². The first-order valence-electron chi connectivity index (χ1n) is 9.46.